The van der Waals surface area contributed by atoms with Crippen molar-refractivity contribution in [3.8, 4) is 0 Å². The molecular weight excluding hydrogens is 614 g/mol. The Balaban J connectivity index is 1.18. The molecule has 1 aromatic heterocycles. The van der Waals surface area contributed by atoms with Crippen LogP contribution in [0, 0.1) is 5.82 Å². The summed E-state index contributed by atoms with van der Waals surface area (Å²) < 4.78 is 20.0. The Bertz CT molecular complexity index is 1820. The number of ether oxygens (including phenoxy) is 1. The first-order valence-electron chi connectivity index (χ1n) is 13.0. The molecule has 0 spiro atoms. The molecule has 0 unspecified atom stereocenters. The SMILES string of the molecule is O=C(Nc1nc2ccccc2s1)c1ccc(N(Cc2ccc(F)cc2)C(=O)[C@H]2O[C@@H]2C(=O)Nc2ccc(Cl)c(Cl)c2)cc1. The fourth-order valence-corrected chi connectivity index (χ4v) is 5.56. The molecule has 2 atom stereocenters. The number of amides is 3. The molecule has 4 aromatic carbocycles. The summed E-state index contributed by atoms with van der Waals surface area (Å²) in [5, 5.41) is 6.56. The predicted octanol–water partition coefficient (Wildman–Crippen LogP) is 6.93. The second kappa shape index (κ2) is 12.1. The lowest BCUT2D eigenvalue weighted by molar-refractivity contribution is -0.120. The van der Waals surface area contributed by atoms with E-state index >= 15 is 0 Å². The van der Waals surface area contributed by atoms with Crippen LogP contribution < -0.4 is 15.5 Å². The quantitative estimate of drug-likeness (QED) is 0.180. The van der Waals surface area contributed by atoms with Gasteiger partial charge in [-0.15, -0.1) is 0 Å². The summed E-state index contributed by atoms with van der Waals surface area (Å²) in [7, 11) is 0. The van der Waals surface area contributed by atoms with Crippen LogP contribution in [-0.2, 0) is 20.9 Å². The van der Waals surface area contributed by atoms with Crippen molar-refractivity contribution in [2.75, 3.05) is 15.5 Å². The number of halogens is 3. The molecule has 216 valence electrons. The third-order valence-corrected chi connectivity index (χ3v) is 8.35. The van der Waals surface area contributed by atoms with Crippen molar-refractivity contribution in [2.45, 2.75) is 18.8 Å². The van der Waals surface area contributed by atoms with Crippen molar-refractivity contribution in [2.24, 2.45) is 0 Å². The van der Waals surface area contributed by atoms with Gasteiger partial charge in [0, 0.05) is 16.9 Å². The van der Waals surface area contributed by atoms with E-state index in [0.717, 1.165) is 10.2 Å². The molecule has 43 heavy (non-hydrogen) atoms. The lowest BCUT2D eigenvalue weighted by Gasteiger charge is -2.23. The molecule has 0 bridgehead atoms. The number of fused-ring (bicyclic) bond motifs is 1. The smallest absolute Gasteiger partial charge is 0.259 e. The molecule has 0 saturated carbocycles. The number of aromatic nitrogens is 1. The minimum absolute atomic E-state index is 0.0807. The van der Waals surface area contributed by atoms with Crippen molar-refractivity contribution >= 4 is 79.0 Å². The van der Waals surface area contributed by atoms with E-state index in [1.807, 2.05) is 24.3 Å². The maximum atomic E-state index is 13.6. The topological polar surface area (TPSA) is 104 Å². The van der Waals surface area contributed by atoms with E-state index in [-0.39, 0.29) is 17.5 Å². The average molecular weight is 636 g/mol. The van der Waals surface area contributed by atoms with E-state index in [0.29, 0.717) is 32.7 Å². The number of thiazole rings is 1. The van der Waals surface area contributed by atoms with E-state index in [1.165, 1.54) is 34.4 Å². The Morgan fingerprint density at radius 1 is 0.884 bits per heavy atom. The summed E-state index contributed by atoms with van der Waals surface area (Å²) in [5.41, 5.74) is 2.68. The molecule has 1 aliphatic rings. The van der Waals surface area contributed by atoms with E-state index in [1.54, 1.807) is 48.5 Å². The summed E-state index contributed by atoms with van der Waals surface area (Å²) in [6.07, 6.45) is -2.05. The van der Waals surface area contributed by atoms with Crippen LogP contribution in [0.2, 0.25) is 10.0 Å². The van der Waals surface area contributed by atoms with Crippen LogP contribution in [0.25, 0.3) is 10.2 Å². The zero-order valence-corrected chi connectivity index (χ0v) is 24.4. The van der Waals surface area contributed by atoms with Crippen molar-refractivity contribution in [3.63, 3.8) is 0 Å². The Morgan fingerprint density at radius 2 is 1.63 bits per heavy atom. The van der Waals surface area contributed by atoms with E-state index in [9.17, 15) is 18.8 Å². The minimum atomic E-state index is -1.04. The fourth-order valence-electron chi connectivity index (χ4n) is 4.40. The largest absolute Gasteiger partial charge is 0.349 e. The highest BCUT2D eigenvalue weighted by Crippen LogP contribution is 2.31. The first-order chi connectivity index (χ1) is 20.7. The summed E-state index contributed by atoms with van der Waals surface area (Å²) in [6, 6.07) is 24.4. The Morgan fingerprint density at radius 3 is 2.35 bits per heavy atom. The number of para-hydroxylation sites is 1. The highest BCUT2D eigenvalue weighted by atomic mass is 35.5. The van der Waals surface area contributed by atoms with E-state index < -0.39 is 29.8 Å². The van der Waals surface area contributed by atoms with Gasteiger partial charge in [0.2, 0.25) is 0 Å². The third-order valence-electron chi connectivity index (χ3n) is 6.66. The maximum Gasteiger partial charge on any atom is 0.259 e. The highest BCUT2D eigenvalue weighted by molar-refractivity contribution is 7.22. The lowest BCUT2D eigenvalue weighted by atomic mass is 10.1. The molecule has 6 rings (SSSR count). The molecule has 0 radical (unpaired) electrons. The van der Waals surface area contributed by atoms with Gasteiger partial charge < -0.3 is 15.0 Å². The average Bonchev–Trinajstić information content (AvgIpc) is 3.71. The van der Waals surface area contributed by atoms with Crippen LogP contribution >= 0.6 is 34.5 Å². The molecular formula is C31H21Cl2FN4O4S. The molecule has 1 aliphatic heterocycles. The van der Waals surface area contributed by atoms with Gasteiger partial charge in [0.25, 0.3) is 17.7 Å². The van der Waals surface area contributed by atoms with Crippen LogP contribution in [0.3, 0.4) is 0 Å². The summed E-state index contributed by atoms with van der Waals surface area (Å²) in [5.74, 6) is -1.74. The first kappa shape index (κ1) is 28.8. The predicted molar refractivity (Wildman–Crippen MR) is 165 cm³/mol. The van der Waals surface area contributed by atoms with Gasteiger partial charge in [-0.05, 0) is 72.3 Å². The summed E-state index contributed by atoms with van der Waals surface area (Å²) in [4.78, 5) is 45.2. The molecule has 8 nitrogen and oxygen atoms in total. The number of hydrogen-bond acceptors (Lipinski definition) is 6. The summed E-state index contributed by atoms with van der Waals surface area (Å²) in [6.45, 7) is 0.0807. The number of anilines is 3. The van der Waals surface area contributed by atoms with E-state index in [2.05, 4.69) is 15.6 Å². The van der Waals surface area contributed by atoms with Gasteiger partial charge in [0.15, 0.2) is 17.3 Å². The molecule has 12 heteroatoms. The highest BCUT2D eigenvalue weighted by Gasteiger charge is 2.52. The summed E-state index contributed by atoms with van der Waals surface area (Å²) >= 11 is 13.3. The number of benzene rings is 4. The number of rotatable bonds is 8. The Hall–Kier alpha value is -4.35. The molecule has 3 amide bonds. The van der Waals surface area contributed by atoms with Crippen molar-refractivity contribution < 1.29 is 23.5 Å². The zero-order chi connectivity index (χ0) is 30.1. The van der Waals surface area contributed by atoms with E-state index in [4.69, 9.17) is 27.9 Å². The molecule has 1 saturated heterocycles. The van der Waals surface area contributed by atoms with Gasteiger partial charge in [-0.25, -0.2) is 9.37 Å². The molecule has 2 N–H and O–H groups in total. The van der Waals surface area contributed by atoms with Crippen LogP contribution in [0.4, 0.5) is 20.9 Å². The van der Waals surface area contributed by atoms with Crippen LogP contribution in [0.15, 0.2) is 91.0 Å². The number of carbonyl (C=O) groups is 3. The Labute approximate surface area is 259 Å². The Kier molecular flexibility index (Phi) is 8.09. The van der Waals surface area contributed by atoms with Crippen LogP contribution in [0.1, 0.15) is 15.9 Å². The second-order valence-electron chi connectivity index (χ2n) is 9.63. The van der Waals surface area contributed by atoms with Crippen LogP contribution in [-0.4, -0.2) is 34.9 Å². The molecule has 5 aromatic rings. The molecule has 1 fully saturated rings. The van der Waals surface area contributed by atoms with Gasteiger partial charge in [-0.3, -0.25) is 19.7 Å². The number of nitrogens with zero attached hydrogens (tertiary/aromatic N) is 2. The number of hydrogen-bond donors (Lipinski definition) is 2. The van der Waals surface area contributed by atoms with Gasteiger partial charge in [0.05, 0.1) is 26.8 Å². The fraction of sp³-hybridized carbons (Fsp3) is 0.0968. The van der Waals surface area contributed by atoms with Gasteiger partial charge in [-0.1, -0.05) is 58.8 Å². The lowest BCUT2D eigenvalue weighted by Crippen LogP contribution is -2.36. The third kappa shape index (κ3) is 6.52. The van der Waals surface area contributed by atoms with Crippen molar-refractivity contribution in [1.82, 2.24) is 4.98 Å². The standard InChI is InChI=1S/C31H21Cl2FN4O4S/c32-22-14-11-20(15-23(22)33)35-29(40)26-27(42-26)30(41)38(16-17-5-9-19(34)10-6-17)21-12-7-18(8-13-21)28(39)37-31-36-24-3-1-2-4-25(24)43-31/h1-15,26-27H,16H2,(H,35,40)(H,36,37,39)/t26-,27-/m0/s1. The van der Waals surface area contributed by atoms with Crippen LogP contribution in [0.5, 0.6) is 0 Å². The van der Waals surface area contributed by atoms with Gasteiger partial charge in [-0.2, -0.15) is 0 Å². The normalized spacial score (nSPS) is 15.6. The number of epoxide rings is 1. The monoisotopic (exact) mass is 634 g/mol. The zero-order valence-electron chi connectivity index (χ0n) is 22.1. The number of nitrogens with one attached hydrogen (secondary N) is 2. The minimum Gasteiger partial charge on any atom is -0.349 e. The van der Waals surface area contributed by atoms with Crippen molar-refractivity contribution in [1.29, 1.82) is 0 Å². The number of carbonyl (C=O) groups excluding carboxylic acids is 3. The molecule has 0 aliphatic carbocycles. The van der Waals surface area contributed by atoms with Gasteiger partial charge in [0.1, 0.15) is 5.82 Å². The van der Waals surface area contributed by atoms with Gasteiger partial charge >= 0.3 is 0 Å². The molecule has 2 heterocycles. The first-order valence-corrected chi connectivity index (χ1v) is 14.6. The second-order valence-corrected chi connectivity index (χ2v) is 11.5. The van der Waals surface area contributed by atoms with Crippen molar-refractivity contribution in [3.05, 3.63) is 118 Å². The maximum absolute atomic E-state index is 13.6.